The van der Waals surface area contributed by atoms with Crippen molar-refractivity contribution in [3.63, 3.8) is 0 Å². The van der Waals surface area contributed by atoms with Gasteiger partial charge < -0.3 is 5.32 Å². The maximum Gasteiger partial charge on any atom is 0.0286 e. The molecular weight excluding hydrogens is 254 g/mol. The van der Waals surface area contributed by atoms with Gasteiger partial charge in [-0.25, -0.2) is 0 Å². The molecule has 0 heterocycles. The molecule has 1 N–H and O–H groups in total. The lowest BCUT2D eigenvalue weighted by atomic mass is 9.83. The van der Waals surface area contributed by atoms with Crippen molar-refractivity contribution in [2.45, 2.75) is 31.7 Å². The summed E-state index contributed by atoms with van der Waals surface area (Å²) in [4.78, 5) is 0. The maximum atomic E-state index is 5.61. The molecule has 0 aromatic heterocycles. The largest absolute Gasteiger partial charge is 0.312 e. The van der Waals surface area contributed by atoms with Crippen LogP contribution in [0.4, 0.5) is 0 Å². The molecule has 0 aliphatic rings. The fourth-order valence-corrected chi connectivity index (χ4v) is 2.74. The van der Waals surface area contributed by atoms with Gasteiger partial charge in [0, 0.05) is 18.4 Å². The Labute approximate surface area is 128 Å². The summed E-state index contributed by atoms with van der Waals surface area (Å²) in [5, 5.41) is 3.62. The van der Waals surface area contributed by atoms with Gasteiger partial charge in [0.25, 0.3) is 0 Å². The van der Waals surface area contributed by atoms with E-state index in [0.717, 1.165) is 19.4 Å². The number of nitrogens with one attached hydrogen (secondary N) is 1. The Morgan fingerprint density at radius 2 is 1.48 bits per heavy atom. The first-order valence-electron chi connectivity index (χ1n) is 7.63. The van der Waals surface area contributed by atoms with Gasteiger partial charge in [0.15, 0.2) is 0 Å². The molecule has 0 amide bonds. The number of hydrogen-bond acceptors (Lipinski definition) is 1. The second-order valence-corrected chi connectivity index (χ2v) is 5.27. The van der Waals surface area contributed by atoms with E-state index in [1.54, 1.807) is 0 Å². The van der Waals surface area contributed by atoms with Crippen molar-refractivity contribution in [2.24, 2.45) is 0 Å². The lowest BCUT2D eigenvalue weighted by molar-refractivity contribution is 0.474. The molecule has 0 radical (unpaired) electrons. The summed E-state index contributed by atoms with van der Waals surface area (Å²) in [5.74, 6) is 3.12. The number of terminal acetylenes is 1. The number of benzene rings is 2. The summed E-state index contributed by atoms with van der Waals surface area (Å²) in [7, 11) is 0. The average molecular weight is 277 g/mol. The van der Waals surface area contributed by atoms with Gasteiger partial charge in [-0.1, -0.05) is 67.6 Å². The van der Waals surface area contributed by atoms with Crippen molar-refractivity contribution in [2.75, 3.05) is 6.54 Å². The maximum absolute atomic E-state index is 5.61. The Hall–Kier alpha value is -2.04. The van der Waals surface area contributed by atoms with Gasteiger partial charge in [-0.2, -0.15) is 0 Å². The highest BCUT2D eigenvalue weighted by atomic mass is 14.9. The van der Waals surface area contributed by atoms with Crippen LogP contribution >= 0.6 is 0 Å². The minimum atomic E-state index is 0.264. The first kappa shape index (κ1) is 15.4. The summed E-state index contributed by atoms with van der Waals surface area (Å²) in [6, 6.07) is 21.5. The van der Waals surface area contributed by atoms with Gasteiger partial charge in [-0.3, -0.25) is 0 Å². The van der Waals surface area contributed by atoms with E-state index in [1.807, 2.05) is 0 Å². The van der Waals surface area contributed by atoms with E-state index < -0.39 is 0 Å². The third-order valence-electron chi connectivity index (χ3n) is 3.71. The molecule has 0 bridgehead atoms. The van der Waals surface area contributed by atoms with E-state index in [4.69, 9.17) is 6.42 Å². The molecule has 1 unspecified atom stereocenters. The van der Waals surface area contributed by atoms with Crippen molar-refractivity contribution >= 4 is 0 Å². The van der Waals surface area contributed by atoms with Crippen molar-refractivity contribution in [1.29, 1.82) is 0 Å². The van der Waals surface area contributed by atoms with E-state index in [-0.39, 0.29) is 12.0 Å². The number of hydrogen-bond donors (Lipinski definition) is 1. The van der Waals surface area contributed by atoms with Gasteiger partial charge in [-0.05, 0) is 24.1 Å². The van der Waals surface area contributed by atoms with Crippen LogP contribution in [0.5, 0.6) is 0 Å². The minimum Gasteiger partial charge on any atom is -0.312 e. The van der Waals surface area contributed by atoms with Gasteiger partial charge in [0.05, 0.1) is 0 Å². The Balaban J connectivity index is 2.37. The lowest BCUT2D eigenvalue weighted by Crippen LogP contribution is -2.35. The minimum absolute atomic E-state index is 0.264. The molecule has 2 aromatic rings. The topological polar surface area (TPSA) is 12.0 Å². The standard InChI is InChI=1S/C20H23N/c1-3-11-19(21-16-4-2)20(17-12-7-5-8-13-17)18-14-9-6-10-15-18/h1,5-10,12-15,19-21H,4,11,16H2,2H3. The lowest BCUT2D eigenvalue weighted by Gasteiger charge is -2.28. The highest BCUT2D eigenvalue weighted by Gasteiger charge is 2.23. The fourth-order valence-electron chi connectivity index (χ4n) is 2.74. The molecule has 1 heteroatoms. The highest BCUT2D eigenvalue weighted by molar-refractivity contribution is 5.34. The molecule has 0 aliphatic heterocycles. The van der Waals surface area contributed by atoms with E-state index in [0.29, 0.717) is 0 Å². The monoisotopic (exact) mass is 277 g/mol. The van der Waals surface area contributed by atoms with Gasteiger partial charge in [-0.15, -0.1) is 12.3 Å². The van der Waals surface area contributed by atoms with Crippen LogP contribution in [0, 0.1) is 12.3 Å². The van der Waals surface area contributed by atoms with Gasteiger partial charge in [0.1, 0.15) is 0 Å². The van der Waals surface area contributed by atoms with Crippen molar-refractivity contribution in [1.82, 2.24) is 5.32 Å². The van der Waals surface area contributed by atoms with Crippen molar-refractivity contribution in [3.8, 4) is 12.3 Å². The molecule has 21 heavy (non-hydrogen) atoms. The molecule has 0 fully saturated rings. The number of rotatable bonds is 7. The molecule has 0 saturated carbocycles. The van der Waals surface area contributed by atoms with Crippen LogP contribution in [0.15, 0.2) is 60.7 Å². The van der Waals surface area contributed by atoms with Crippen LogP contribution in [0.1, 0.15) is 36.8 Å². The fraction of sp³-hybridized carbons (Fsp3) is 0.300. The third-order valence-corrected chi connectivity index (χ3v) is 3.71. The van der Waals surface area contributed by atoms with Gasteiger partial charge >= 0.3 is 0 Å². The Kier molecular flexibility index (Phi) is 6.06. The molecule has 1 atom stereocenters. The summed E-state index contributed by atoms with van der Waals surface area (Å²) in [5.41, 5.74) is 2.63. The smallest absolute Gasteiger partial charge is 0.0286 e. The van der Waals surface area contributed by atoms with Crippen LogP contribution in [0.3, 0.4) is 0 Å². The first-order chi connectivity index (χ1) is 10.4. The summed E-state index contributed by atoms with van der Waals surface area (Å²) >= 11 is 0. The molecule has 0 aliphatic carbocycles. The van der Waals surface area contributed by atoms with Crippen LogP contribution in [-0.2, 0) is 0 Å². The van der Waals surface area contributed by atoms with Crippen LogP contribution < -0.4 is 5.32 Å². The summed E-state index contributed by atoms with van der Waals surface area (Å²) < 4.78 is 0. The van der Waals surface area contributed by atoms with E-state index in [2.05, 4.69) is 78.8 Å². The highest BCUT2D eigenvalue weighted by Crippen LogP contribution is 2.29. The Bertz CT molecular complexity index is 514. The molecule has 0 spiro atoms. The molecular formula is C20H23N. The molecule has 1 nitrogen and oxygen atoms in total. The molecule has 0 saturated heterocycles. The van der Waals surface area contributed by atoms with Crippen LogP contribution in [0.25, 0.3) is 0 Å². The third kappa shape index (κ3) is 4.21. The zero-order valence-corrected chi connectivity index (χ0v) is 12.6. The van der Waals surface area contributed by atoms with E-state index >= 15 is 0 Å². The second-order valence-electron chi connectivity index (χ2n) is 5.27. The predicted molar refractivity (Wildman–Crippen MR) is 90.3 cm³/mol. The molecule has 2 rings (SSSR count). The second kappa shape index (κ2) is 8.29. The quantitative estimate of drug-likeness (QED) is 0.748. The molecule has 108 valence electrons. The average Bonchev–Trinajstić information content (AvgIpc) is 2.55. The predicted octanol–water partition coefficient (Wildman–Crippen LogP) is 4.21. The van der Waals surface area contributed by atoms with Gasteiger partial charge in [0.2, 0.25) is 0 Å². The Morgan fingerprint density at radius 1 is 0.952 bits per heavy atom. The van der Waals surface area contributed by atoms with Crippen LogP contribution in [-0.4, -0.2) is 12.6 Å². The Morgan fingerprint density at radius 3 is 1.90 bits per heavy atom. The summed E-state index contributed by atoms with van der Waals surface area (Å²) in [6.45, 7) is 3.17. The SMILES string of the molecule is C#CCC(NCCC)C(c1ccccc1)c1ccccc1. The van der Waals surface area contributed by atoms with E-state index in [1.165, 1.54) is 11.1 Å². The first-order valence-corrected chi connectivity index (χ1v) is 7.63. The normalized spacial score (nSPS) is 12.0. The zero-order valence-electron chi connectivity index (χ0n) is 12.6. The molecule has 2 aromatic carbocycles. The van der Waals surface area contributed by atoms with Crippen molar-refractivity contribution in [3.05, 3.63) is 71.8 Å². The van der Waals surface area contributed by atoms with Crippen LogP contribution in [0.2, 0.25) is 0 Å². The zero-order chi connectivity index (χ0) is 14.9. The summed E-state index contributed by atoms with van der Waals surface area (Å²) in [6.07, 6.45) is 7.44. The van der Waals surface area contributed by atoms with E-state index in [9.17, 15) is 0 Å². The van der Waals surface area contributed by atoms with Crippen molar-refractivity contribution < 1.29 is 0 Å².